The van der Waals surface area contributed by atoms with E-state index in [1.807, 2.05) is 18.2 Å². The van der Waals surface area contributed by atoms with Gasteiger partial charge in [-0.1, -0.05) is 33.6 Å². The van der Waals surface area contributed by atoms with E-state index in [9.17, 15) is 0 Å². The molecule has 0 radical (unpaired) electrons. The zero-order valence-corrected chi connectivity index (χ0v) is 14.6. The minimum atomic E-state index is -0.179. The van der Waals surface area contributed by atoms with E-state index >= 15 is 0 Å². The van der Waals surface area contributed by atoms with E-state index in [0.717, 1.165) is 10.0 Å². The van der Waals surface area contributed by atoms with Crippen LogP contribution in [-0.4, -0.2) is 0 Å². The van der Waals surface area contributed by atoms with E-state index in [4.69, 9.17) is 17.3 Å². The lowest BCUT2D eigenvalue weighted by atomic mass is 9.87. The summed E-state index contributed by atoms with van der Waals surface area (Å²) in [6, 6.07) is 7.79. The molecule has 0 amide bonds. The second-order valence-corrected chi connectivity index (χ2v) is 6.61. The van der Waals surface area contributed by atoms with Gasteiger partial charge in [0, 0.05) is 9.50 Å². The Morgan fingerprint density at radius 3 is 2.10 bits per heavy atom. The zero-order valence-electron chi connectivity index (χ0n) is 12.2. The van der Waals surface area contributed by atoms with Gasteiger partial charge in [0.05, 0.1) is 6.04 Å². The van der Waals surface area contributed by atoms with Crippen LogP contribution in [0.1, 0.15) is 39.4 Å². The van der Waals surface area contributed by atoms with Crippen molar-refractivity contribution < 1.29 is 0 Å². The van der Waals surface area contributed by atoms with E-state index < -0.39 is 0 Å². The van der Waals surface area contributed by atoms with Gasteiger partial charge in [-0.3, -0.25) is 0 Å². The van der Waals surface area contributed by atoms with Crippen molar-refractivity contribution >= 4 is 27.5 Å². The predicted molar refractivity (Wildman–Crippen MR) is 90.6 cm³/mol. The third-order valence-electron chi connectivity index (χ3n) is 4.03. The van der Waals surface area contributed by atoms with Gasteiger partial charge in [0.2, 0.25) is 0 Å². The highest BCUT2D eigenvalue weighted by atomic mass is 79.9. The maximum absolute atomic E-state index is 6.54. The summed E-state index contributed by atoms with van der Waals surface area (Å²) < 4.78 is 0.993. The summed E-state index contributed by atoms with van der Waals surface area (Å²) in [6.45, 7) is 8.53. The summed E-state index contributed by atoms with van der Waals surface area (Å²) in [5.41, 5.74) is 13.8. The first-order valence-corrected chi connectivity index (χ1v) is 7.77. The molecular weight excluding hydrogens is 334 g/mol. The standard InChI is InChI=1S/C17H19BrClN/c1-9-7-10(2)12(4)16(11(9)3)17(20)14-8-13(19)5-6-15(14)18/h5-8,17H,20H2,1-4H3. The maximum atomic E-state index is 6.54. The van der Waals surface area contributed by atoms with Crippen LogP contribution in [0.25, 0.3) is 0 Å². The molecule has 106 valence electrons. The summed E-state index contributed by atoms with van der Waals surface area (Å²) in [5.74, 6) is 0. The molecule has 0 fully saturated rings. The normalized spacial score (nSPS) is 12.6. The predicted octanol–water partition coefficient (Wildman–Crippen LogP) is 5.38. The number of rotatable bonds is 2. The molecule has 2 N–H and O–H groups in total. The number of aryl methyl sites for hydroxylation is 2. The van der Waals surface area contributed by atoms with Crippen molar-refractivity contribution in [2.75, 3.05) is 0 Å². The van der Waals surface area contributed by atoms with E-state index in [0.29, 0.717) is 5.02 Å². The molecule has 2 aromatic carbocycles. The number of hydrogen-bond acceptors (Lipinski definition) is 1. The Kier molecular flexibility index (Phi) is 4.58. The Balaban J connectivity index is 2.65. The lowest BCUT2D eigenvalue weighted by molar-refractivity contribution is 0.840. The summed E-state index contributed by atoms with van der Waals surface area (Å²) in [7, 11) is 0. The average molecular weight is 353 g/mol. The molecule has 3 heteroatoms. The third-order valence-corrected chi connectivity index (χ3v) is 4.99. The molecule has 0 aliphatic rings. The van der Waals surface area contributed by atoms with E-state index in [1.54, 1.807) is 0 Å². The van der Waals surface area contributed by atoms with Crippen molar-refractivity contribution in [3.63, 3.8) is 0 Å². The molecule has 0 bridgehead atoms. The first-order valence-electron chi connectivity index (χ1n) is 6.60. The first kappa shape index (κ1) is 15.6. The Labute approximate surface area is 134 Å². The smallest absolute Gasteiger partial charge is 0.0568 e. The number of benzene rings is 2. The molecule has 2 aromatic rings. The second kappa shape index (κ2) is 5.88. The fourth-order valence-electron chi connectivity index (χ4n) is 2.62. The fourth-order valence-corrected chi connectivity index (χ4v) is 3.30. The van der Waals surface area contributed by atoms with Gasteiger partial charge in [-0.05, 0) is 79.3 Å². The lowest BCUT2D eigenvalue weighted by Gasteiger charge is -2.22. The largest absolute Gasteiger partial charge is 0.320 e. The Morgan fingerprint density at radius 1 is 1.00 bits per heavy atom. The summed E-state index contributed by atoms with van der Waals surface area (Å²) in [5, 5.41) is 0.707. The fraction of sp³-hybridized carbons (Fsp3) is 0.294. The quantitative estimate of drug-likeness (QED) is 0.771. The average Bonchev–Trinajstić information content (AvgIpc) is 2.39. The third kappa shape index (κ3) is 2.78. The second-order valence-electron chi connectivity index (χ2n) is 5.32. The molecule has 0 spiro atoms. The van der Waals surface area contributed by atoms with Crippen molar-refractivity contribution in [1.29, 1.82) is 0 Å². The van der Waals surface area contributed by atoms with Gasteiger partial charge in [-0.2, -0.15) is 0 Å². The Bertz CT molecular complexity index is 638. The van der Waals surface area contributed by atoms with Crippen LogP contribution in [0.5, 0.6) is 0 Å². The van der Waals surface area contributed by atoms with Gasteiger partial charge in [-0.15, -0.1) is 0 Å². The molecule has 20 heavy (non-hydrogen) atoms. The molecule has 1 unspecified atom stereocenters. The van der Waals surface area contributed by atoms with Crippen molar-refractivity contribution in [3.8, 4) is 0 Å². The number of hydrogen-bond donors (Lipinski definition) is 1. The van der Waals surface area contributed by atoms with Gasteiger partial charge in [0.25, 0.3) is 0 Å². The van der Waals surface area contributed by atoms with E-state index in [2.05, 4.69) is 49.7 Å². The summed E-state index contributed by atoms with van der Waals surface area (Å²) in [4.78, 5) is 0. The lowest BCUT2D eigenvalue weighted by Crippen LogP contribution is -2.16. The monoisotopic (exact) mass is 351 g/mol. The molecule has 0 aliphatic carbocycles. The van der Waals surface area contributed by atoms with Gasteiger partial charge in [-0.25, -0.2) is 0 Å². The van der Waals surface area contributed by atoms with Crippen molar-refractivity contribution in [2.24, 2.45) is 5.73 Å². The minimum absolute atomic E-state index is 0.179. The molecule has 0 aromatic heterocycles. The van der Waals surface area contributed by atoms with Gasteiger partial charge in [0.15, 0.2) is 0 Å². The van der Waals surface area contributed by atoms with Crippen molar-refractivity contribution in [3.05, 3.63) is 67.1 Å². The zero-order chi connectivity index (χ0) is 15.0. The molecule has 0 saturated heterocycles. The van der Waals surface area contributed by atoms with Crippen LogP contribution in [0.15, 0.2) is 28.7 Å². The van der Waals surface area contributed by atoms with E-state index in [-0.39, 0.29) is 6.04 Å². The van der Waals surface area contributed by atoms with E-state index in [1.165, 1.54) is 27.8 Å². The highest BCUT2D eigenvalue weighted by molar-refractivity contribution is 9.10. The number of nitrogens with two attached hydrogens (primary N) is 1. The van der Waals surface area contributed by atoms with Crippen molar-refractivity contribution in [1.82, 2.24) is 0 Å². The Hall–Kier alpha value is -0.830. The van der Waals surface area contributed by atoms with Gasteiger partial charge < -0.3 is 5.73 Å². The van der Waals surface area contributed by atoms with Crippen LogP contribution in [-0.2, 0) is 0 Å². The Morgan fingerprint density at radius 2 is 1.55 bits per heavy atom. The summed E-state index contributed by atoms with van der Waals surface area (Å²) >= 11 is 9.69. The first-order chi connectivity index (χ1) is 9.32. The maximum Gasteiger partial charge on any atom is 0.0568 e. The van der Waals surface area contributed by atoms with Gasteiger partial charge in [0.1, 0.15) is 0 Å². The molecule has 0 saturated carbocycles. The topological polar surface area (TPSA) is 26.0 Å². The van der Waals surface area contributed by atoms with Crippen LogP contribution in [0.4, 0.5) is 0 Å². The molecular formula is C17H19BrClN. The van der Waals surface area contributed by atoms with Crippen LogP contribution in [0.2, 0.25) is 5.02 Å². The van der Waals surface area contributed by atoms with Crippen LogP contribution in [0, 0.1) is 27.7 Å². The van der Waals surface area contributed by atoms with Gasteiger partial charge >= 0.3 is 0 Å². The number of halogens is 2. The van der Waals surface area contributed by atoms with Crippen LogP contribution in [0.3, 0.4) is 0 Å². The minimum Gasteiger partial charge on any atom is -0.320 e. The van der Waals surface area contributed by atoms with Crippen LogP contribution >= 0.6 is 27.5 Å². The van der Waals surface area contributed by atoms with Crippen molar-refractivity contribution in [2.45, 2.75) is 33.7 Å². The highest BCUT2D eigenvalue weighted by Gasteiger charge is 2.19. The SMILES string of the molecule is Cc1cc(C)c(C)c(C(N)c2cc(Cl)ccc2Br)c1C. The molecule has 2 rings (SSSR count). The molecule has 0 aliphatic heterocycles. The molecule has 0 heterocycles. The molecule has 1 atom stereocenters. The van der Waals surface area contributed by atoms with Crippen LogP contribution < -0.4 is 5.73 Å². The summed E-state index contributed by atoms with van der Waals surface area (Å²) in [6.07, 6.45) is 0. The highest BCUT2D eigenvalue weighted by Crippen LogP contribution is 2.34. The molecule has 1 nitrogen and oxygen atoms in total.